The molecule has 1 N–H and O–H groups in total. The van der Waals surface area contributed by atoms with Crippen molar-refractivity contribution in [3.05, 3.63) is 34.8 Å². The summed E-state index contributed by atoms with van der Waals surface area (Å²) in [7, 11) is 0. The second-order valence-electron chi connectivity index (χ2n) is 6.30. The molecule has 3 heterocycles. The van der Waals surface area contributed by atoms with Crippen LogP contribution in [-0.2, 0) is 4.79 Å². The molecule has 21 heavy (non-hydrogen) atoms. The number of fused-ring (bicyclic) bond motifs is 1. The fraction of sp³-hybridized carbons (Fsp3) is 0.562. The van der Waals surface area contributed by atoms with Crippen molar-refractivity contribution in [1.29, 1.82) is 0 Å². The minimum atomic E-state index is -0.0384. The molecule has 0 aromatic carbocycles. The molecule has 3 aliphatic rings. The molecule has 0 radical (unpaired) electrons. The van der Waals surface area contributed by atoms with Crippen molar-refractivity contribution in [2.45, 2.75) is 44.2 Å². The lowest BCUT2D eigenvalue weighted by Crippen LogP contribution is -2.48. The van der Waals surface area contributed by atoms with E-state index >= 15 is 0 Å². The molecule has 1 aliphatic carbocycles. The molecule has 0 spiro atoms. The Kier molecular flexibility index (Phi) is 3.47. The third-order valence-electron chi connectivity index (χ3n) is 4.89. The van der Waals surface area contributed by atoms with E-state index < -0.39 is 0 Å². The van der Waals surface area contributed by atoms with Gasteiger partial charge in [0.05, 0.1) is 6.04 Å². The zero-order valence-electron chi connectivity index (χ0n) is 12.1. The van der Waals surface area contributed by atoms with E-state index in [1.807, 2.05) is 22.3 Å². The maximum atomic E-state index is 12.7. The maximum Gasteiger partial charge on any atom is 0.250 e. The average Bonchev–Trinajstić information content (AvgIpc) is 3.21. The molecule has 1 saturated carbocycles. The van der Waals surface area contributed by atoms with E-state index in [4.69, 9.17) is 0 Å². The van der Waals surface area contributed by atoms with Gasteiger partial charge in [-0.05, 0) is 30.2 Å². The zero-order chi connectivity index (χ0) is 14.2. The van der Waals surface area contributed by atoms with E-state index in [-0.39, 0.29) is 18.0 Å². The minimum Gasteiger partial charge on any atom is -0.315 e. The molecule has 2 aliphatic heterocycles. The highest BCUT2D eigenvalue weighted by atomic mass is 32.1. The first-order valence-corrected chi connectivity index (χ1v) is 8.76. The molecule has 2 fully saturated rings. The molecule has 5 heteroatoms. The maximum absolute atomic E-state index is 12.7. The van der Waals surface area contributed by atoms with Crippen LogP contribution >= 0.6 is 11.3 Å². The second kappa shape index (κ2) is 5.46. The van der Waals surface area contributed by atoms with Crippen LogP contribution in [0.4, 0.5) is 0 Å². The van der Waals surface area contributed by atoms with Gasteiger partial charge in [-0.3, -0.25) is 4.79 Å². The van der Waals surface area contributed by atoms with Crippen molar-refractivity contribution in [3.63, 3.8) is 0 Å². The molecular formula is C16H21N3OS. The highest BCUT2D eigenvalue weighted by Crippen LogP contribution is 2.34. The summed E-state index contributed by atoms with van der Waals surface area (Å²) in [6, 6.07) is 4.45. The van der Waals surface area contributed by atoms with E-state index in [2.05, 4.69) is 22.9 Å². The van der Waals surface area contributed by atoms with E-state index in [1.54, 1.807) is 11.3 Å². The second-order valence-corrected chi connectivity index (χ2v) is 7.27. The lowest BCUT2D eigenvalue weighted by Gasteiger charge is -2.33. The Hall–Kier alpha value is -1.33. The first-order valence-electron chi connectivity index (χ1n) is 7.88. The van der Waals surface area contributed by atoms with E-state index in [1.165, 1.54) is 30.6 Å². The van der Waals surface area contributed by atoms with Gasteiger partial charge in [-0.25, -0.2) is 5.43 Å². The smallest absolute Gasteiger partial charge is 0.250 e. The summed E-state index contributed by atoms with van der Waals surface area (Å²) in [4.78, 5) is 16.0. The zero-order valence-corrected chi connectivity index (χ0v) is 12.9. The van der Waals surface area contributed by atoms with Crippen molar-refractivity contribution >= 4 is 17.2 Å². The Morgan fingerprint density at radius 3 is 2.90 bits per heavy atom. The Balaban J connectivity index is 1.45. The van der Waals surface area contributed by atoms with Crippen molar-refractivity contribution in [1.82, 2.24) is 15.3 Å². The van der Waals surface area contributed by atoms with Crippen LogP contribution in [0.3, 0.4) is 0 Å². The molecular weight excluding hydrogens is 282 g/mol. The number of hydrogen-bond acceptors (Lipinski definition) is 4. The fourth-order valence-corrected chi connectivity index (χ4v) is 4.52. The van der Waals surface area contributed by atoms with Crippen LogP contribution in [0.1, 0.15) is 43.0 Å². The highest BCUT2D eigenvalue weighted by molar-refractivity contribution is 7.10. The first-order chi connectivity index (χ1) is 10.3. The van der Waals surface area contributed by atoms with Crippen LogP contribution in [0.25, 0.3) is 0 Å². The van der Waals surface area contributed by atoms with Gasteiger partial charge in [-0.2, -0.15) is 0 Å². The molecule has 112 valence electrons. The number of carbonyl (C=O) groups is 1. The SMILES string of the molecule is O=C1C2CC(c3cccs3)NN2C=CN1CC1CCCC1. The molecule has 1 aromatic rings. The number of carbonyl (C=O) groups excluding carboxylic acids is 1. The Morgan fingerprint density at radius 1 is 1.29 bits per heavy atom. The minimum absolute atomic E-state index is 0.0384. The standard InChI is InChI=1S/C16H21N3OS/c20-16-14-10-13(15-6-3-9-21-15)17-19(14)8-7-18(16)11-12-4-1-2-5-12/h3,6-9,12-14,17H,1-2,4-5,10-11H2. The number of nitrogens with zero attached hydrogens (tertiary/aromatic N) is 2. The topological polar surface area (TPSA) is 35.6 Å². The fourth-order valence-electron chi connectivity index (χ4n) is 3.73. The first kappa shape index (κ1) is 13.3. The summed E-state index contributed by atoms with van der Waals surface area (Å²) in [5.74, 6) is 0.962. The largest absolute Gasteiger partial charge is 0.315 e. The summed E-state index contributed by atoms with van der Waals surface area (Å²) in [6.07, 6.45) is 10.1. The predicted octanol–water partition coefficient (Wildman–Crippen LogP) is 2.87. The van der Waals surface area contributed by atoms with Crippen LogP contribution in [0, 0.1) is 5.92 Å². The van der Waals surface area contributed by atoms with Crippen LogP contribution in [0.2, 0.25) is 0 Å². The van der Waals surface area contributed by atoms with E-state index in [0.717, 1.165) is 13.0 Å². The summed E-state index contributed by atoms with van der Waals surface area (Å²) in [5.41, 5.74) is 3.45. The van der Waals surface area contributed by atoms with Crippen molar-refractivity contribution in [3.8, 4) is 0 Å². The molecule has 2 unspecified atom stereocenters. The molecule has 1 amide bonds. The normalized spacial score (nSPS) is 29.4. The van der Waals surface area contributed by atoms with Crippen LogP contribution in [0.5, 0.6) is 0 Å². The number of hydrogen-bond donors (Lipinski definition) is 1. The monoisotopic (exact) mass is 303 g/mol. The van der Waals surface area contributed by atoms with Crippen molar-refractivity contribution in [2.24, 2.45) is 5.92 Å². The molecule has 4 nitrogen and oxygen atoms in total. The Labute approximate surface area is 129 Å². The molecule has 2 atom stereocenters. The number of amides is 1. The third-order valence-corrected chi connectivity index (χ3v) is 5.88. The van der Waals surface area contributed by atoms with Gasteiger partial charge in [0, 0.05) is 30.2 Å². The van der Waals surface area contributed by atoms with Gasteiger partial charge in [-0.15, -0.1) is 11.3 Å². The summed E-state index contributed by atoms with van der Waals surface area (Å²) in [5, 5.41) is 4.09. The van der Waals surface area contributed by atoms with Gasteiger partial charge >= 0.3 is 0 Å². The third kappa shape index (κ3) is 2.49. The molecule has 0 bridgehead atoms. The Morgan fingerprint density at radius 2 is 2.14 bits per heavy atom. The average molecular weight is 303 g/mol. The number of hydrazine groups is 1. The lowest BCUT2D eigenvalue weighted by atomic mass is 10.0. The number of rotatable bonds is 3. The van der Waals surface area contributed by atoms with Crippen molar-refractivity contribution < 1.29 is 4.79 Å². The summed E-state index contributed by atoms with van der Waals surface area (Å²) < 4.78 is 0. The van der Waals surface area contributed by atoms with Crippen LogP contribution in [-0.4, -0.2) is 28.4 Å². The van der Waals surface area contributed by atoms with Gasteiger partial charge < -0.3 is 9.91 Å². The summed E-state index contributed by atoms with van der Waals surface area (Å²) in [6.45, 7) is 0.906. The number of nitrogens with one attached hydrogen (secondary N) is 1. The lowest BCUT2D eigenvalue weighted by molar-refractivity contribution is -0.135. The highest BCUT2D eigenvalue weighted by Gasteiger charge is 2.40. The van der Waals surface area contributed by atoms with Crippen molar-refractivity contribution in [2.75, 3.05) is 6.54 Å². The van der Waals surface area contributed by atoms with Gasteiger partial charge in [0.2, 0.25) is 0 Å². The van der Waals surface area contributed by atoms with Crippen LogP contribution < -0.4 is 5.43 Å². The Bertz CT molecular complexity index is 536. The van der Waals surface area contributed by atoms with Crippen LogP contribution in [0.15, 0.2) is 29.9 Å². The number of thiophene rings is 1. The molecule has 1 aromatic heterocycles. The quantitative estimate of drug-likeness (QED) is 0.932. The van der Waals surface area contributed by atoms with E-state index in [9.17, 15) is 4.79 Å². The molecule has 4 rings (SSSR count). The molecule has 1 saturated heterocycles. The summed E-state index contributed by atoms with van der Waals surface area (Å²) >= 11 is 1.76. The predicted molar refractivity (Wildman–Crippen MR) is 83.3 cm³/mol. The van der Waals surface area contributed by atoms with Gasteiger partial charge in [0.1, 0.15) is 6.04 Å². The van der Waals surface area contributed by atoms with E-state index in [0.29, 0.717) is 5.92 Å². The van der Waals surface area contributed by atoms with Gasteiger partial charge in [-0.1, -0.05) is 18.9 Å². The van der Waals surface area contributed by atoms with Gasteiger partial charge in [0.25, 0.3) is 5.91 Å². The van der Waals surface area contributed by atoms with Gasteiger partial charge in [0.15, 0.2) is 0 Å².